The molecule has 0 spiro atoms. The van der Waals surface area contributed by atoms with E-state index < -0.39 is 16.0 Å². The number of benzene rings is 2. The van der Waals surface area contributed by atoms with Crippen molar-refractivity contribution < 1.29 is 22.7 Å². The summed E-state index contributed by atoms with van der Waals surface area (Å²) >= 11 is 0. The van der Waals surface area contributed by atoms with Gasteiger partial charge in [0.2, 0.25) is 0 Å². The number of rotatable bonds is 6. The van der Waals surface area contributed by atoms with E-state index >= 15 is 0 Å². The minimum atomic E-state index is -3.72. The molecule has 2 aromatic rings. The number of ether oxygens (including phenoxy) is 2. The van der Waals surface area contributed by atoms with Crippen molar-refractivity contribution in [3.63, 3.8) is 0 Å². The quantitative estimate of drug-likeness (QED) is 0.738. The van der Waals surface area contributed by atoms with Gasteiger partial charge in [-0.1, -0.05) is 0 Å². The molecule has 7 heteroatoms. The maximum Gasteiger partial charge on any atom is 0.338 e. The average Bonchev–Trinajstić information content (AvgIpc) is 2.61. The van der Waals surface area contributed by atoms with Gasteiger partial charge in [-0.25, -0.2) is 13.2 Å². The molecule has 25 heavy (non-hydrogen) atoms. The molecule has 0 amide bonds. The maximum atomic E-state index is 12.8. The maximum absolute atomic E-state index is 12.8. The van der Waals surface area contributed by atoms with Gasteiger partial charge in [0, 0.05) is 7.05 Å². The molecule has 0 aliphatic rings. The number of hydrogen-bond acceptors (Lipinski definition) is 5. The van der Waals surface area contributed by atoms with Gasteiger partial charge >= 0.3 is 5.97 Å². The number of carbonyl (C=O) groups excluding carboxylic acids is 1. The highest BCUT2D eigenvalue weighted by atomic mass is 32.2. The van der Waals surface area contributed by atoms with Gasteiger partial charge in [0.05, 0.1) is 29.9 Å². The number of esters is 1. The van der Waals surface area contributed by atoms with Gasteiger partial charge in [-0.3, -0.25) is 4.31 Å². The van der Waals surface area contributed by atoms with E-state index in [-0.39, 0.29) is 11.5 Å². The summed E-state index contributed by atoms with van der Waals surface area (Å²) in [6, 6.07) is 10.9. The Morgan fingerprint density at radius 1 is 1.12 bits per heavy atom. The second-order valence-corrected chi connectivity index (χ2v) is 7.34. The topological polar surface area (TPSA) is 72.9 Å². The zero-order valence-corrected chi connectivity index (χ0v) is 15.5. The van der Waals surface area contributed by atoms with Gasteiger partial charge in [0.25, 0.3) is 10.0 Å². The van der Waals surface area contributed by atoms with Crippen molar-refractivity contribution in [1.29, 1.82) is 0 Å². The summed E-state index contributed by atoms with van der Waals surface area (Å²) in [6.07, 6.45) is 0. The van der Waals surface area contributed by atoms with Gasteiger partial charge in [-0.15, -0.1) is 0 Å². The molecule has 0 fully saturated rings. The van der Waals surface area contributed by atoms with Gasteiger partial charge in [0.1, 0.15) is 5.75 Å². The van der Waals surface area contributed by atoms with E-state index in [2.05, 4.69) is 0 Å². The Kier molecular flexibility index (Phi) is 5.69. The van der Waals surface area contributed by atoms with Gasteiger partial charge in [-0.05, 0) is 61.9 Å². The molecule has 0 N–H and O–H groups in total. The smallest absolute Gasteiger partial charge is 0.338 e. The minimum absolute atomic E-state index is 0.169. The number of anilines is 1. The van der Waals surface area contributed by atoms with Crippen LogP contribution in [0.1, 0.15) is 22.8 Å². The van der Waals surface area contributed by atoms with Crippen molar-refractivity contribution in [2.45, 2.75) is 18.7 Å². The fourth-order valence-corrected chi connectivity index (χ4v) is 3.61. The van der Waals surface area contributed by atoms with Crippen LogP contribution >= 0.6 is 0 Å². The molecule has 134 valence electrons. The lowest BCUT2D eigenvalue weighted by molar-refractivity contribution is 0.0526. The zero-order chi connectivity index (χ0) is 18.6. The molecule has 6 nitrogen and oxygen atoms in total. The minimum Gasteiger partial charge on any atom is -0.496 e. The third kappa shape index (κ3) is 3.93. The summed E-state index contributed by atoms with van der Waals surface area (Å²) in [7, 11) is -0.719. The molecule has 0 aliphatic carbocycles. The van der Waals surface area contributed by atoms with E-state index in [1.807, 2.05) is 0 Å². The summed E-state index contributed by atoms with van der Waals surface area (Å²) in [5.74, 6) is 0.186. The van der Waals surface area contributed by atoms with Crippen LogP contribution in [0.25, 0.3) is 0 Å². The molecular formula is C18H21NO5S. The van der Waals surface area contributed by atoms with Crippen LogP contribution in [0.4, 0.5) is 5.69 Å². The predicted octanol–water partition coefficient (Wildman–Crippen LogP) is 3.01. The molecule has 0 atom stereocenters. The zero-order valence-electron chi connectivity index (χ0n) is 14.6. The fraction of sp³-hybridized carbons (Fsp3) is 0.278. The normalized spacial score (nSPS) is 11.0. The van der Waals surface area contributed by atoms with E-state index in [0.29, 0.717) is 17.0 Å². The van der Waals surface area contributed by atoms with Crippen molar-refractivity contribution in [3.8, 4) is 5.75 Å². The number of hydrogen-bond donors (Lipinski definition) is 0. The molecule has 0 unspecified atom stereocenters. The van der Waals surface area contributed by atoms with Crippen LogP contribution in [0.2, 0.25) is 0 Å². The van der Waals surface area contributed by atoms with Crippen molar-refractivity contribution in [2.75, 3.05) is 25.1 Å². The molecule has 2 rings (SSSR count). The first-order chi connectivity index (χ1) is 11.8. The van der Waals surface area contributed by atoms with Crippen LogP contribution in [0.3, 0.4) is 0 Å². The molecule has 0 aliphatic heterocycles. The fourth-order valence-electron chi connectivity index (χ4n) is 2.33. The van der Waals surface area contributed by atoms with E-state index in [0.717, 1.165) is 5.56 Å². The second-order valence-electron chi connectivity index (χ2n) is 5.37. The van der Waals surface area contributed by atoms with E-state index in [4.69, 9.17) is 9.47 Å². The Labute approximate surface area is 148 Å². The number of aryl methyl sites for hydroxylation is 1. The van der Waals surface area contributed by atoms with E-state index in [1.165, 1.54) is 24.5 Å². The summed E-state index contributed by atoms with van der Waals surface area (Å²) in [4.78, 5) is 11.8. The van der Waals surface area contributed by atoms with E-state index in [9.17, 15) is 13.2 Å². The van der Waals surface area contributed by atoms with Gasteiger partial charge in [0.15, 0.2) is 0 Å². The lowest BCUT2D eigenvalue weighted by atomic mass is 10.2. The van der Waals surface area contributed by atoms with Gasteiger partial charge in [-0.2, -0.15) is 0 Å². The standard InChI is InChI=1S/C18H21NO5S/c1-5-24-18(20)14-6-8-15(9-7-14)19(3)25(21,22)16-10-11-17(23-4)13(2)12-16/h6-12H,5H2,1-4H3. The number of sulfonamides is 1. The monoisotopic (exact) mass is 363 g/mol. The molecule has 0 saturated heterocycles. The Hall–Kier alpha value is -2.54. The number of methoxy groups -OCH3 is 1. The average molecular weight is 363 g/mol. The van der Waals surface area contributed by atoms with E-state index in [1.54, 1.807) is 50.2 Å². The largest absolute Gasteiger partial charge is 0.496 e. The van der Waals surface area contributed by atoms with Crippen LogP contribution < -0.4 is 9.04 Å². The Morgan fingerprint density at radius 2 is 1.76 bits per heavy atom. The first-order valence-corrected chi connectivity index (χ1v) is 9.16. The predicted molar refractivity (Wildman–Crippen MR) is 95.7 cm³/mol. The molecule has 0 aromatic heterocycles. The lowest BCUT2D eigenvalue weighted by Crippen LogP contribution is -2.26. The SMILES string of the molecule is CCOC(=O)c1ccc(N(C)S(=O)(=O)c2ccc(OC)c(C)c2)cc1. The van der Waals surface area contributed by atoms with Crippen LogP contribution in [0.5, 0.6) is 5.75 Å². The molecule has 0 radical (unpaired) electrons. The summed E-state index contributed by atoms with van der Waals surface area (Å²) < 4.78 is 36.8. The molecule has 2 aromatic carbocycles. The van der Waals surface area contributed by atoms with Gasteiger partial charge < -0.3 is 9.47 Å². The Balaban J connectivity index is 2.30. The van der Waals surface area contributed by atoms with Crippen molar-refractivity contribution >= 4 is 21.7 Å². The third-order valence-corrected chi connectivity index (χ3v) is 5.55. The van der Waals surface area contributed by atoms with Crippen LogP contribution in [-0.2, 0) is 14.8 Å². The van der Waals surface area contributed by atoms with Crippen LogP contribution in [-0.4, -0.2) is 35.2 Å². The Morgan fingerprint density at radius 3 is 2.28 bits per heavy atom. The third-order valence-electron chi connectivity index (χ3n) is 3.77. The molecule has 0 heterocycles. The van der Waals surface area contributed by atoms with Crippen molar-refractivity contribution in [1.82, 2.24) is 0 Å². The first kappa shape index (κ1) is 18.8. The summed E-state index contributed by atoms with van der Waals surface area (Å²) in [5, 5.41) is 0. The van der Waals surface area contributed by atoms with Crippen LogP contribution in [0, 0.1) is 6.92 Å². The highest BCUT2D eigenvalue weighted by Crippen LogP contribution is 2.26. The first-order valence-electron chi connectivity index (χ1n) is 7.72. The van der Waals surface area contributed by atoms with Crippen molar-refractivity contribution in [2.24, 2.45) is 0 Å². The highest BCUT2D eigenvalue weighted by molar-refractivity contribution is 7.92. The summed E-state index contributed by atoms with van der Waals surface area (Å²) in [5.41, 5.74) is 1.55. The number of carbonyl (C=O) groups is 1. The molecular weight excluding hydrogens is 342 g/mol. The van der Waals surface area contributed by atoms with Crippen LogP contribution in [0.15, 0.2) is 47.4 Å². The highest BCUT2D eigenvalue weighted by Gasteiger charge is 2.22. The second kappa shape index (κ2) is 7.57. The number of nitrogens with zero attached hydrogens (tertiary/aromatic N) is 1. The lowest BCUT2D eigenvalue weighted by Gasteiger charge is -2.20. The molecule has 0 saturated carbocycles. The molecule has 0 bridgehead atoms. The van der Waals surface area contributed by atoms with Crippen molar-refractivity contribution in [3.05, 3.63) is 53.6 Å². The summed E-state index contributed by atoms with van der Waals surface area (Å²) in [6.45, 7) is 3.79. The Bertz CT molecular complexity index is 860.